The molecule has 3 rings (SSSR count). The van der Waals surface area contributed by atoms with Gasteiger partial charge in [-0.2, -0.15) is 0 Å². The molecule has 1 amide bonds. The average Bonchev–Trinajstić information content (AvgIpc) is 2.62. The molecule has 2 aromatic carbocycles. The third kappa shape index (κ3) is 4.33. The Morgan fingerprint density at radius 3 is 2.32 bits per heavy atom. The number of hydrogen-bond donors (Lipinski definition) is 1. The van der Waals surface area contributed by atoms with Gasteiger partial charge in [0.2, 0.25) is 5.91 Å². The fraction of sp³-hybridized carbons (Fsp3) is 0.316. The molecule has 0 saturated carbocycles. The number of rotatable bonds is 4. The molecule has 25 heavy (non-hydrogen) atoms. The topological polar surface area (TPSA) is 43.8 Å². The van der Waals surface area contributed by atoms with Crippen LogP contribution in [0.15, 0.2) is 48.5 Å². The van der Waals surface area contributed by atoms with Gasteiger partial charge in [-0.25, -0.2) is 8.78 Å². The van der Waals surface area contributed by atoms with E-state index in [4.69, 9.17) is 0 Å². The molecule has 1 N–H and O–H groups in total. The van der Waals surface area contributed by atoms with Gasteiger partial charge in [-0.1, -0.05) is 12.1 Å². The molecule has 1 aliphatic heterocycles. The van der Waals surface area contributed by atoms with Crippen molar-refractivity contribution in [2.24, 2.45) is 0 Å². The average molecular weight is 346 g/mol. The zero-order valence-corrected chi connectivity index (χ0v) is 13.7. The van der Waals surface area contributed by atoms with E-state index in [-0.39, 0.29) is 18.1 Å². The Bertz CT molecular complexity index is 728. The number of aliphatic hydroxyl groups excluding tert-OH is 1. The highest BCUT2D eigenvalue weighted by atomic mass is 19.1. The second-order valence-electron chi connectivity index (χ2n) is 6.12. The molecule has 0 aromatic heterocycles. The summed E-state index contributed by atoms with van der Waals surface area (Å²) in [6.07, 6.45) is -1.08. The molecule has 1 atom stereocenters. The third-order valence-electron chi connectivity index (χ3n) is 4.43. The summed E-state index contributed by atoms with van der Waals surface area (Å²) >= 11 is 0. The lowest BCUT2D eigenvalue weighted by Gasteiger charge is -2.36. The van der Waals surface area contributed by atoms with Gasteiger partial charge < -0.3 is 14.9 Å². The van der Waals surface area contributed by atoms with Crippen molar-refractivity contribution in [3.05, 3.63) is 65.7 Å². The van der Waals surface area contributed by atoms with Gasteiger partial charge in [-0.15, -0.1) is 0 Å². The lowest BCUT2D eigenvalue weighted by atomic mass is 10.1. The van der Waals surface area contributed by atoms with Crippen LogP contribution in [0.5, 0.6) is 0 Å². The van der Waals surface area contributed by atoms with E-state index in [1.807, 2.05) is 0 Å². The van der Waals surface area contributed by atoms with Crippen LogP contribution in [-0.2, 0) is 4.79 Å². The standard InChI is InChI=1S/C19H20F2N2O2/c20-15-4-6-17(7-5-15)22-8-10-23(11-9-22)19(25)13-18(24)14-2-1-3-16(21)12-14/h1-7,12,18,24H,8-11,13H2. The maximum atomic E-state index is 13.2. The number of aliphatic hydroxyl groups is 1. The molecule has 0 bridgehead atoms. The lowest BCUT2D eigenvalue weighted by Crippen LogP contribution is -2.49. The molecular weight excluding hydrogens is 326 g/mol. The van der Waals surface area contributed by atoms with E-state index in [1.165, 1.54) is 30.3 Å². The highest BCUT2D eigenvalue weighted by Gasteiger charge is 2.23. The van der Waals surface area contributed by atoms with Crippen molar-refractivity contribution >= 4 is 11.6 Å². The van der Waals surface area contributed by atoms with Crippen molar-refractivity contribution in [2.45, 2.75) is 12.5 Å². The number of carbonyl (C=O) groups is 1. The molecule has 1 saturated heterocycles. The van der Waals surface area contributed by atoms with Crippen LogP contribution < -0.4 is 4.90 Å². The summed E-state index contributed by atoms with van der Waals surface area (Å²) < 4.78 is 26.2. The van der Waals surface area contributed by atoms with Crippen molar-refractivity contribution in [3.8, 4) is 0 Å². The summed E-state index contributed by atoms with van der Waals surface area (Å²) in [7, 11) is 0. The number of hydrogen-bond acceptors (Lipinski definition) is 3. The summed E-state index contributed by atoms with van der Waals surface area (Å²) in [6.45, 7) is 2.36. The minimum Gasteiger partial charge on any atom is -0.388 e. The molecule has 1 aliphatic rings. The molecule has 1 fully saturated rings. The smallest absolute Gasteiger partial charge is 0.225 e. The molecule has 2 aromatic rings. The maximum absolute atomic E-state index is 13.2. The van der Waals surface area contributed by atoms with E-state index in [0.29, 0.717) is 31.7 Å². The van der Waals surface area contributed by atoms with Crippen molar-refractivity contribution in [3.63, 3.8) is 0 Å². The first kappa shape index (κ1) is 17.4. The number of carbonyl (C=O) groups excluding carboxylic acids is 1. The van der Waals surface area contributed by atoms with Crippen LogP contribution >= 0.6 is 0 Å². The van der Waals surface area contributed by atoms with Crippen LogP contribution in [0.1, 0.15) is 18.1 Å². The Kier molecular flexibility index (Phi) is 5.28. The van der Waals surface area contributed by atoms with Crippen molar-refractivity contribution in [1.29, 1.82) is 0 Å². The predicted octanol–water partition coefficient (Wildman–Crippen LogP) is 2.74. The fourth-order valence-electron chi connectivity index (χ4n) is 2.99. The normalized spacial score (nSPS) is 16.0. The summed E-state index contributed by atoms with van der Waals surface area (Å²) in [6, 6.07) is 11.9. The van der Waals surface area contributed by atoms with Gasteiger partial charge in [0.05, 0.1) is 12.5 Å². The van der Waals surface area contributed by atoms with Gasteiger partial charge in [0.25, 0.3) is 0 Å². The van der Waals surface area contributed by atoms with Gasteiger partial charge in [0, 0.05) is 31.9 Å². The lowest BCUT2D eigenvalue weighted by molar-refractivity contribution is -0.133. The number of piperazine rings is 1. The Hall–Kier alpha value is -2.47. The summed E-state index contributed by atoms with van der Waals surface area (Å²) in [5.41, 5.74) is 1.33. The van der Waals surface area contributed by atoms with Gasteiger partial charge >= 0.3 is 0 Å². The van der Waals surface area contributed by atoms with E-state index in [1.54, 1.807) is 23.1 Å². The van der Waals surface area contributed by atoms with Crippen molar-refractivity contribution in [2.75, 3.05) is 31.1 Å². The quantitative estimate of drug-likeness (QED) is 0.926. The Labute approximate surface area is 145 Å². The van der Waals surface area contributed by atoms with E-state index in [2.05, 4.69) is 4.90 Å². The van der Waals surface area contributed by atoms with E-state index in [9.17, 15) is 18.7 Å². The van der Waals surface area contributed by atoms with E-state index >= 15 is 0 Å². The van der Waals surface area contributed by atoms with Crippen LogP contribution in [-0.4, -0.2) is 42.1 Å². The minimum atomic E-state index is -1.02. The SMILES string of the molecule is O=C(CC(O)c1cccc(F)c1)N1CCN(c2ccc(F)cc2)CC1. The van der Waals surface area contributed by atoms with Gasteiger partial charge in [0.1, 0.15) is 11.6 Å². The number of nitrogens with zero attached hydrogens (tertiary/aromatic N) is 2. The first-order valence-electron chi connectivity index (χ1n) is 8.25. The molecule has 0 aliphatic carbocycles. The van der Waals surface area contributed by atoms with Gasteiger partial charge in [-0.05, 0) is 42.0 Å². The highest BCUT2D eigenvalue weighted by molar-refractivity contribution is 5.77. The van der Waals surface area contributed by atoms with E-state index in [0.717, 1.165) is 5.69 Å². The molecule has 0 spiro atoms. The van der Waals surface area contributed by atoms with Crippen molar-refractivity contribution in [1.82, 2.24) is 4.90 Å². The predicted molar refractivity (Wildman–Crippen MR) is 91.2 cm³/mol. The first-order valence-corrected chi connectivity index (χ1v) is 8.25. The highest BCUT2D eigenvalue weighted by Crippen LogP contribution is 2.21. The molecular formula is C19H20F2N2O2. The Morgan fingerprint density at radius 1 is 1.00 bits per heavy atom. The Balaban J connectivity index is 1.53. The number of amides is 1. The minimum absolute atomic E-state index is 0.0694. The fourth-order valence-corrected chi connectivity index (χ4v) is 2.99. The molecule has 4 nitrogen and oxygen atoms in total. The van der Waals surface area contributed by atoms with Crippen LogP contribution in [0, 0.1) is 11.6 Å². The third-order valence-corrected chi connectivity index (χ3v) is 4.43. The van der Waals surface area contributed by atoms with Crippen LogP contribution in [0.2, 0.25) is 0 Å². The number of benzene rings is 2. The molecule has 1 unspecified atom stereocenters. The molecule has 1 heterocycles. The second-order valence-corrected chi connectivity index (χ2v) is 6.12. The van der Waals surface area contributed by atoms with Crippen LogP contribution in [0.4, 0.5) is 14.5 Å². The zero-order chi connectivity index (χ0) is 17.8. The Morgan fingerprint density at radius 2 is 1.68 bits per heavy atom. The summed E-state index contributed by atoms with van der Waals surface area (Å²) in [5, 5.41) is 10.1. The first-order chi connectivity index (χ1) is 12.0. The number of anilines is 1. The second kappa shape index (κ2) is 7.61. The molecule has 6 heteroatoms. The van der Waals surface area contributed by atoms with E-state index < -0.39 is 11.9 Å². The monoisotopic (exact) mass is 346 g/mol. The van der Waals surface area contributed by atoms with Crippen LogP contribution in [0.25, 0.3) is 0 Å². The van der Waals surface area contributed by atoms with Gasteiger partial charge in [-0.3, -0.25) is 4.79 Å². The number of halogens is 2. The molecule has 0 radical (unpaired) electrons. The van der Waals surface area contributed by atoms with Gasteiger partial charge in [0.15, 0.2) is 0 Å². The van der Waals surface area contributed by atoms with Crippen LogP contribution in [0.3, 0.4) is 0 Å². The zero-order valence-electron chi connectivity index (χ0n) is 13.7. The maximum Gasteiger partial charge on any atom is 0.225 e. The molecule has 132 valence electrons. The summed E-state index contributed by atoms with van der Waals surface area (Å²) in [5.74, 6) is -0.865. The van der Waals surface area contributed by atoms with Crippen molar-refractivity contribution < 1.29 is 18.7 Å². The largest absolute Gasteiger partial charge is 0.388 e. The summed E-state index contributed by atoms with van der Waals surface area (Å²) in [4.78, 5) is 16.1.